The molecule has 0 N–H and O–H groups in total. The van der Waals surface area contributed by atoms with Crippen LogP contribution in [0.2, 0.25) is 0 Å². The zero-order valence-corrected chi connectivity index (χ0v) is 5.66. The molecule has 0 bridgehead atoms. The number of methoxy groups -OCH3 is 1. The molecule has 4 heteroatoms. The fraction of sp³-hybridized carbons (Fsp3) is 0.250. The molecule has 0 unspecified atom stereocenters. The number of carbonyl (C=O) groups is 1. The molecule has 0 atom stereocenters. The van der Waals surface area contributed by atoms with E-state index < -0.39 is 5.24 Å². The lowest BCUT2D eigenvalue weighted by Crippen LogP contribution is -1.81. The van der Waals surface area contributed by atoms with Crippen LogP contribution in [0.4, 0.5) is 0 Å². The van der Waals surface area contributed by atoms with Gasteiger partial charge in [0, 0.05) is 0 Å². The quantitative estimate of drug-likeness (QED) is 0.343. The third-order valence-corrected chi connectivity index (χ3v) is 0.794. The Morgan fingerprint density at radius 1 is 1.62 bits per heavy atom. The highest BCUT2D eigenvalue weighted by Crippen LogP contribution is 2.01. The van der Waals surface area contributed by atoms with E-state index in [-0.39, 0.29) is 5.22 Å². The summed E-state index contributed by atoms with van der Waals surface area (Å²) < 4.78 is 4.38. The van der Waals surface area contributed by atoms with Crippen LogP contribution in [0.15, 0.2) is 11.3 Å². The van der Waals surface area contributed by atoms with Crippen LogP contribution < -0.4 is 0 Å². The van der Waals surface area contributed by atoms with E-state index in [1.165, 1.54) is 7.11 Å². The summed E-state index contributed by atoms with van der Waals surface area (Å²) in [7, 11) is 1.35. The zero-order chi connectivity index (χ0) is 6.57. The zero-order valence-electron chi connectivity index (χ0n) is 4.15. The number of hydrogen-bond acceptors (Lipinski definition) is 2. The van der Waals surface area contributed by atoms with Gasteiger partial charge in [-0.25, -0.2) is 0 Å². The van der Waals surface area contributed by atoms with E-state index in [0.717, 1.165) is 6.08 Å². The molecule has 0 saturated carbocycles. The molecule has 0 saturated heterocycles. The molecule has 46 valence electrons. The van der Waals surface area contributed by atoms with Crippen molar-refractivity contribution in [1.29, 1.82) is 0 Å². The highest BCUT2D eigenvalue weighted by atomic mass is 35.5. The maximum Gasteiger partial charge on any atom is 0.249 e. The molecule has 0 spiro atoms. The number of hydrogen-bond donors (Lipinski definition) is 0. The van der Waals surface area contributed by atoms with Crippen molar-refractivity contribution in [1.82, 2.24) is 0 Å². The van der Waals surface area contributed by atoms with Gasteiger partial charge in [-0.2, -0.15) is 0 Å². The van der Waals surface area contributed by atoms with Gasteiger partial charge >= 0.3 is 0 Å². The van der Waals surface area contributed by atoms with Gasteiger partial charge in [0.15, 0.2) is 5.22 Å². The van der Waals surface area contributed by atoms with Gasteiger partial charge in [0.25, 0.3) is 0 Å². The third kappa shape index (κ3) is 3.96. The number of halogens is 2. The lowest BCUT2D eigenvalue weighted by atomic mass is 10.7. The molecule has 0 aliphatic rings. The Kier molecular flexibility index (Phi) is 3.65. The standard InChI is InChI=1S/C4H4Cl2O2/c1-8-4(6)2-3(5)7/h2H,1H3/b4-2-. The largest absolute Gasteiger partial charge is 0.486 e. The van der Waals surface area contributed by atoms with E-state index in [2.05, 4.69) is 4.74 Å². The van der Waals surface area contributed by atoms with Gasteiger partial charge in [0.05, 0.1) is 13.2 Å². The average molecular weight is 155 g/mol. The summed E-state index contributed by atoms with van der Waals surface area (Å²) in [5, 5.41) is -0.651. The van der Waals surface area contributed by atoms with Crippen molar-refractivity contribution >= 4 is 28.4 Å². The smallest absolute Gasteiger partial charge is 0.249 e. The number of allylic oxidation sites excluding steroid dienone is 1. The van der Waals surface area contributed by atoms with E-state index in [1.54, 1.807) is 0 Å². The van der Waals surface area contributed by atoms with Gasteiger partial charge in [-0.1, -0.05) is 0 Å². The molecule has 2 nitrogen and oxygen atoms in total. The topological polar surface area (TPSA) is 26.3 Å². The van der Waals surface area contributed by atoms with Crippen LogP contribution in [0.5, 0.6) is 0 Å². The monoisotopic (exact) mass is 154 g/mol. The SMILES string of the molecule is CO/C(Cl)=C\C(=O)Cl. The van der Waals surface area contributed by atoms with E-state index in [1.807, 2.05) is 0 Å². The summed E-state index contributed by atoms with van der Waals surface area (Å²) in [5.74, 6) is 0. The summed E-state index contributed by atoms with van der Waals surface area (Å²) in [4.78, 5) is 9.94. The molecule has 0 radical (unpaired) electrons. The molecule has 8 heavy (non-hydrogen) atoms. The van der Waals surface area contributed by atoms with Gasteiger partial charge < -0.3 is 4.74 Å². The Hall–Kier alpha value is -0.210. The van der Waals surface area contributed by atoms with Crippen LogP contribution in [0.1, 0.15) is 0 Å². The summed E-state index contributed by atoms with van der Waals surface area (Å²) in [6.07, 6.45) is 0.975. The lowest BCUT2D eigenvalue weighted by Gasteiger charge is -1.89. The first-order chi connectivity index (χ1) is 3.66. The first-order valence-corrected chi connectivity index (χ1v) is 2.53. The van der Waals surface area contributed by atoms with E-state index in [4.69, 9.17) is 23.2 Å². The van der Waals surface area contributed by atoms with Crippen molar-refractivity contribution in [3.63, 3.8) is 0 Å². The van der Waals surface area contributed by atoms with Crippen LogP contribution in [0.25, 0.3) is 0 Å². The second-order valence-corrected chi connectivity index (χ2v) is 1.70. The predicted octanol–water partition coefficient (Wildman–Crippen LogP) is 1.48. The molecule has 0 aliphatic carbocycles. The molecular weight excluding hydrogens is 151 g/mol. The second kappa shape index (κ2) is 3.75. The minimum Gasteiger partial charge on any atom is -0.486 e. The van der Waals surface area contributed by atoms with Crippen LogP contribution >= 0.6 is 23.2 Å². The highest BCUT2D eigenvalue weighted by Gasteiger charge is 1.91. The summed E-state index contributed by atoms with van der Waals surface area (Å²) in [6.45, 7) is 0. The molecule has 0 aromatic heterocycles. The van der Waals surface area contributed by atoms with Crippen LogP contribution in [-0.4, -0.2) is 12.4 Å². The Balaban J connectivity index is 3.75. The third-order valence-electron chi connectivity index (χ3n) is 0.422. The van der Waals surface area contributed by atoms with Gasteiger partial charge in [-0.05, 0) is 23.2 Å². The summed E-state index contributed by atoms with van der Waals surface area (Å²) in [5.41, 5.74) is 0. The summed E-state index contributed by atoms with van der Waals surface area (Å²) >= 11 is 10.1. The van der Waals surface area contributed by atoms with Gasteiger partial charge in [0.1, 0.15) is 0 Å². The van der Waals surface area contributed by atoms with Gasteiger partial charge in [0.2, 0.25) is 5.24 Å². The van der Waals surface area contributed by atoms with E-state index >= 15 is 0 Å². The minimum absolute atomic E-state index is 0.00926. The number of carbonyl (C=O) groups excluding carboxylic acids is 1. The molecule has 0 aromatic rings. The van der Waals surface area contributed by atoms with Crippen molar-refractivity contribution in [3.05, 3.63) is 11.3 Å². The molecule has 0 rings (SSSR count). The maximum atomic E-state index is 9.94. The Labute approximate surface area is 57.0 Å². The Morgan fingerprint density at radius 2 is 2.12 bits per heavy atom. The maximum absolute atomic E-state index is 9.94. The minimum atomic E-state index is -0.642. The molecule has 0 heterocycles. The lowest BCUT2D eigenvalue weighted by molar-refractivity contribution is -0.107. The first-order valence-electron chi connectivity index (χ1n) is 1.77. The van der Waals surface area contributed by atoms with Crippen molar-refractivity contribution in [3.8, 4) is 0 Å². The second-order valence-electron chi connectivity index (χ2n) is 0.957. The summed E-state index contributed by atoms with van der Waals surface area (Å²) in [6, 6.07) is 0. The van der Waals surface area contributed by atoms with Crippen LogP contribution in [0.3, 0.4) is 0 Å². The molecule has 0 amide bonds. The van der Waals surface area contributed by atoms with Crippen LogP contribution in [0, 0.1) is 0 Å². The fourth-order valence-corrected chi connectivity index (χ4v) is 0.402. The van der Waals surface area contributed by atoms with Crippen molar-refractivity contribution in [2.24, 2.45) is 0 Å². The molecular formula is C4H4Cl2O2. The van der Waals surface area contributed by atoms with Gasteiger partial charge in [-0.3, -0.25) is 4.79 Å². The highest BCUT2D eigenvalue weighted by molar-refractivity contribution is 6.67. The van der Waals surface area contributed by atoms with Crippen molar-refractivity contribution in [2.75, 3.05) is 7.11 Å². The number of rotatable bonds is 2. The van der Waals surface area contributed by atoms with Crippen LogP contribution in [-0.2, 0) is 9.53 Å². The first kappa shape index (κ1) is 7.79. The predicted molar refractivity (Wildman–Crippen MR) is 31.8 cm³/mol. The Bertz CT molecular complexity index is 119. The molecule has 0 aliphatic heterocycles. The number of ether oxygens (including phenoxy) is 1. The fourth-order valence-electron chi connectivity index (χ4n) is 0.148. The normalized spacial score (nSPS) is 11.1. The average Bonchev–Trinajstić information content (AvgIpc) is 1.65. The van der Waals surface area contributed by atoms with Crippen molar-refractivity contribution in [2.45, 2.75) is 0 Å². The Morgan fingerprint density at radius 3 is 2.25 bits per heavy atom. The van der Waals surface area contributed by atoms with Crippen molar-refractivity contribution < 1.29 is 9.53 Å². The molecule has 0 aromatic carbocycles. The molecule has 0 fully saturated rings. The van der Waals surface area contributed by atoms with E-state index in [9.17, 15) is 4.79 Å². The van der Waals surface area contributed by atoms with E-state index in [0.29, 0.717) is 0 Å². The van der Waals surface area contributed by atoms with Gasteiger partial charge in [-0.15, -0.1) is 0 Å².